The number of amides is 2. The molecule has 3 aromatic rings. The van der Waals surface area contributed by atoms with Gasteiger partial charge in [0.2, 0.25) is 5.78 Å². The van der Waals surface area contributed by atoms with Crippen molar-refractivity contribution in [2.75, 3.05) is 24.1 Å². The number of imidazole rings is 1. The molecule has 7 nitrogen and oxygen atoms in total. The number of hydrogen-bond acceptors (Lipinski definition) is 4. The highest BCUT2D eigenvalue weighted by atomic mass is 19.1. The molecule has 2 amide bonds. The molecule has 0 spiro atoms. The molecule has 128 valence electrons. The number of nitrogens with one attached hydrogen (secondary N) is 1. The summed E-state index contributed by atoms with van der Waals surface area (Å²) < 4.78 is 28.7. The number of likely N-dealkylation sites (tertiary alicyclic amines) is 1. The van der Waals surface area contributed by atoms with E-state index in [1.165, 1.54) is 29.3 Å². The summed E-state index contributed by atoms with van der Waals surface area (Å²) in [5.41, 5.74) is 7.10. The third kappa shape index (κ3) is 2.84. The van der Waals surface area contributed by atoms with E-state index in [4.69, 9.17) is 5.73 Å². The number of rotatable bonds is 2. The van der Waals surface area contributed by atoms with Crippen LogP contribution in [0.3, 0.4) is 0 Å². The highest BCUT2D eigenvalue weighted by molar-refractivity contribution is 5.90. The second-order valence-electron chi connectivity index (χ2n) is 5.85. The number of halogens is 2. The maximum Gasteiger partial charge on any atom is 0.322 e. The molecule has 0 saturated carbocycles. The number of nitrogens with two attached hydrogens (primary N) is 1. The van der Waals surface area contributed by atoms with Gasteiger partial charge >= 0.3 is 6.03 Å². The Morgan fingerprint density at radius 1 is 1.32 bits per heavy atom. The minimum Gasteiger partial charge on any atom is -0.396 e. The van der Waals surface area contributed by atoms with E-state index in [1.54, 1.807) is 16.8 Å². The first kappa shape index (κ1) is 15.3. The average Bonchev–Trinajstić information content (AvgIpc) is 2.96. The molecular formula is C16H14F2N6O. The topological polar surface area (TPSA) is 88.5 Å². The molecule has 25 heavy (non-hydrogen) atoms. The van der Waals surface area contributed by atoms with Crippen LogP contribution in [0.1, 0.15) is 0 Å². The highest BCUT2D eigenvalue weighted by Crippen LogP contribution is 2.26. The van der Waals surface area contributed by atoms with Crippen molar-refractivity contribution >= 4 is 23.2 Å². The van der Waals surface area contributed by atoms with E-state index in [-0.39, 0.29) is 18.7 Å². The number of nitrogen functional groups attached to an aromatic ring is 1. The summed E-state index contributed by atoms with van der Waals surface area (Å²) in [7, 11) is 0. The summed E-state index contributed by atoms with van der Waals surface area (Å²) in [6.07, 6.45) is 3.71. The van der Waals surface area contributed by atoms with E-state index in [2.05, 4.69) is 15.3 Å². The molecule has 1 saturated heterocycles. The summed E-state index contributed by atoms with van der Waals surface area (Å²) in [4.78, 5) is 21.6. The lowest BCUT2D eigenvalue weighted by molar-refractivity contribution is 0.0974. The minimum atomic E-state index is -0.979. The van der Waals surface area contributed by atoms with Crippen LogP contribution < -0.4 is 11.1 Å². The second-order valence-corrected chi connectivity index (χ2v) is 5.85. The van der Waals surface area contributed by atoms with Gasteiger partial charge in [0, 0.05) is 23.6 Å². The van der Waals surface area contributed by atoms with Crippen molar-refractivity contribution in [1.82, 2.24) is 19.3 Å². The first-order chi connectivity index (χ1) is 12.0. The van der Waals surface area contributed by atoms with E-state index in [0.29, 0.717) is 22.8 Å². The van der Waals surface area contributed by atoms with Crippen LogP contribution in [-0.2, 0) is 0 Å². The van der Waals surface area contributed by atoms with Gasteiger partial charge in [0.1, 0.15) is 12.0 Å². The summed E-state index contributed by atoms with van der Waals surface area (Å²) in [6, 6.07) is 3.74. The molecule has 2 aromatic heterocycles. The van der Waals surface area contributed by atoms with Gasteiger partial charge in [-0.15, -0.1) is 0 Å². The van der Waals surface area contributed by atoms with Gasteiger partial charge in [-0.25, -0.2) is 23.5 Å². The normalized spacial score (nSPS) is 14.6. The fraction of sp³-hybridized carbons (Fsp3) is 0.188. The van der Waals surface area contributed by atoms with Gasteiger partial charge in [-0.1, -0.05) is 0 Å². The van der Waals surface area contributed by atoms with Crippen LogP contribution in [0, 0.1) is 5.82 Å². The van der Waals surface area contributed by atoms with Crippen LogP contribution >= 0.6 is 0 Å². The number of fused-ring (bicyclic) bond motifs is 1. The van der Waals surface area contributed by atoms with Gasteiger partial charge in [-0.3, -0.25) is 4.40 Å². The maximum absolute atomic E-state index is 14.2. The summed E-state index contributed by atoms with van der Waals surface area (Å²) in [6.45, 7) is 0.138. The average molecular weight is 344 g/mol. The smallest absolute Gasteiger partial charge is 0.322 e. The summed E-state index contributed by atoms with van der Waals surface area (Å²) in [5, 5.41) is 2.63. The van der Waals surface area contributed by atoms with Crippen molar-refractivity contribution in [2.24, 2.45) is 0 Å². The Kier molecular flexibility index (Phi) is 3.48. The Morgan fingerprint density at radius 3 is 2.88 bits per heavy atom. The molecule has 0 aliphatic carbocycles. The number of benzene rings is 1. The first-order valence-corrected chi connectivity index (χ1v) is 7.60. The molecule has 1 aromatic carbocycles. The maximum atomic E-state index is 14.2. The molecular weight excluding hydrogens is 330 g/mol. The molecule has 0 radical (unpaired) electrons. The van der Waals surface area contributed by atoms with Crippen LogP contribution in [0.25, 0.3) is 17.0 Å². The van der Waals surface area contributed by atoms with Crippen LogP contribution in [0.5, 0.6) is 0 Å². The number of aromatic nitrogens is 3. The Morgan fingerprint density at radius 2 is 2.12 bits per heavy atom. The Bertz CT molecular complexity index is 966. The largest absolute Gasteiger partial charge is 0.396 e. The van der Waals surface area contributed by atoms with Crippen LogP contribution in [0.15, 0.2) is 36.8 Å². The van der Waals surface area contributed by atoms with E-state index in [1.807, 2.05) is 0 Å². The van der Waals surface area contributed by atoms with Gasteiger partial charge in [-0.2, -0.15) is 0 Å². The molecule has 4 rings (SSSR count). The number of hydrogen-bond donors (Lipinski definition) is 2. The number of urea groups is 1. The molecule has 3 N–H and O–H groups in total. The van der Waals surface area contributed by atoms with Crippen molar-refractivity contribution < 1.29 is 13.6 Å². The molecule has 0 unspecified atom stereocenters. The zero-order valence-electron chi connectivity index (χ0n) is 13.0. The van der Waals surface area contributed by atoms with E-state index < -0.39 is 18.0 Å². The van der Waals surface area contributed by atoms with E-state index in [9.17, 15) is 13.6 Å². The van der Waals surface area contributed by atoms with Crippen molar-refractivity contribution in [3.63, 3.8) is 0 Å². The predicted octanol–water partition coefficient (Wildman–Crippen LogP) is 2.30. The zero-order chi connectivity index (χ0) is 17.6. The number of alkyl halides is 1. The monoisotopic (exact) mass is 344 g/mol. The lowest BCUT2D eigenvalue weighted by Gasteiger charge is -2.34. The first-order valence-electron chi connectivity index (χ1n) is 7.60. The molecule has 3 heterocycles. The third-order valence-electron chi connectivity index (χ3n) is 3.95. The van der Waals surface area contributed by atoms with Gasteiger partial charge in [0.05, 0.1) is 30.7 Å². The van der Waals surface area contributed by atoms with Gasteiger partial charge in [-0.05, 0) is 18.2 Å². The van der Waals surface area contributed by atoms with E-state index in [0.717, 1.165) is 0 Å². The minimum absolute atomic E-state index is 0.0689. The third-order valence-corrected chi connectivity index (χ3v) is 3.95. The van der Waals surface area contributed by atoms with Crippen molar-refractivity contribution in [1.29, 1.82) is 0 Å². The van der Waals surface area contributed by atoms with Crippen LogP contribution in [0.4, 0.5) is 25.0 Å². The quantitative estimate of drug-likeness (QED) is 0.747. The lowest BCUT2D eigenvalue weighted by atomic mass is 10.1. The number of carbonyl (C=O) groups is 1. The van der Waals surface area contributed by atoms with Crippen molar-refractivity contribution in [3.05, 3.63) is 42.6 Å². The predicted molar refractivity (Wildman–Crippen MR) is 88.3 cm³/mol. The second kappa shape index (κ2) is 5.69. The lowest BCUT2D eigenvalue weighted by Crippen LogP contribution is -2.53. The molecule has 1 aliphatic rings. The molecule has 1 aliphatic heterocycles. The molecule has 0 bridgehead atoms. The van der Waals surface area contributed by atoms with Crippen LogP contribution in [-0.4, -0.2) is 44.6 Å². The fourth-order valence-corrected chi connectivity index (χ4v) is 2.62. The van der Waals surface area contributed by atoms with Crippen molar-refractivity contribution in [3.8, 4) is 11.3 Å². The molecule has 0 atom stereocenters. The van der Waals surface area contributed by atoms with Crippen LogP contribution in [0.2, 0.25) is 0 Å². The Hall–Kier alpha value is -3.23. The molecule has 9 heteroatoms. The fourth-order valence-electron chi connectivity index (χ4n) is 2.62. The Labute approximate surface area is 141 Å². The summed E-state index contributed by atoms with van der Waals surface area (Å²) >= 11 is 0. The number of carbonyl (C=O) groups excluding carboxylic acids is 1. The van der Waals surface area contributed by atoms with Crippen molar-refractivity contribution in [2.45, 2.75) is 6.17 Å². The molecule has 1 fully saturated rings. The van der Waals surface area contributed by atoms with Gasteiger partial charge in [0.25, 0.3) is 0 Å². The summed E-state index contributed by atoms with van der Waals surface area (Å²) in [5.74, 6) is -0.102. The number of nitrogens with zero attached hydrogens (tertiary/aromatic N) is 4. The number of anilines is 2. The zero-order valence-corrected chi connectivity index (χ0v) is 13.0. The Balaban J connectivity index is 1.63. The van der Waals surface area contributed by atoms with E-state index >= 15 is 0 Å². The van der Waals surface area contributed by atoms with Gasteiger partial charge in [0.15, 0.2) is 0 Å². The standard InChI is InChI=1S/C16H14F2N6O/c17-9-5-24(6-9)16(25)21-11-1-2-13(18)12(3-11)14-8-23-7-10(19)4-20-15(23)22-14/h1-4,7-9H,5-6,19H2,(H,21,25). The van der Waals surface area contributed by atoms with Gasteiger partial charge < -0.3 is 16.0 Å². The highest BCUT2D eigenvalue weighted by Gasteiger charge is 2.30. The SMILES string of the molecule is Nc1cnc2nc(-c3cc(NC(=O)N4CC(F)C4)ccc3F)cn2c1.